The van der Waals surface area contributed by atoms with Gasteiger partial charge in [-0.2, -0.15) is 0 Å². The van der Waals surface area contributed by atoms with Crippen LogP contribution in [0.5, 0.6) is 11.5 Å². The van der Waals surface area contributed by atoms with Crippen LogP contribution >= 0.6 is 12.4 Å². The van der Waals surface area contributed by atoms with E-state index in [2.05, 4.69) is 16.8 Å². The molecule has 0 fully saturated rings. The number of benzene rings is 2. The molecule has 0 aliphatic carbocycles. The second-order valence-electron chi connectivity index (χ2n) is 7.75. The molecule has 1 aromatic heterocycles. The number of aromatic nitrogens is 1. The van der Waals surface area contributed by atoms with Crippen LogP contribution in [-0.4, -0.2) is 42.7 Å². The van der Waals surface area contributed by atoms with Crippen LogP contribution in [0.25, 0.3) is 10.9 Å². The molecule has 0 unspecified atom stereocenters. The summed E-state index contributed by atoms with van der Waals surface area (Å²) in [5.74, 6) is 1.67. The first-order valence-corrected chi connectivity index (χ1v) is 10.5. The smallest absolute Gasteiger partial charge is 0.126 e. The van der Waals surface area contributed by atoms with Crippen molar-refractivity contribution in [2.75, 3.05) is 26.8 Å². The van der Waals surface area contributed by atoms with E-state index in [1.54, 1.807) is 13.2 Å². The number of ether oxygens (including phenoxy) is 2. The van der Waals surface area contributed by atoms with Crippen molar-refractivity contribution in [3.8, 4) is 11.5 Å². The molecule has 4 rings (SSSR count). The number of methoxy groups -OCH3 is 1. The van der Waals surface area contributed by atoms with E-state index in [9.17, 15) is 4.39 Å². The highest BCUT2D eigenvalue weighted by molar-refractivity contribution is 5.85. The van der Waals surface area contributed by atoms with Gasteiger partial charge in [0, 0.05) is 28.7 Å². The first-order valence-electron chi connectivity index (χ1n) is 10.5. The molecule has 0 amide bonds. The maximum absolute atomic E-state index is 13.6. The summed E-state index contributed by atoms with van der Waals surface area (Å²) in [4.78, 5) is 5.78. The minimum Gasteiger partial charge on any atom is -0.496 e. The second-order valence-corrected chi connectivity index (χ2v) is 7.75. The van der Waals surface area contributed by atoms with E-state index in [0.29, 0.717) is 12.6 Å². The van der Waals surface area contributed by atoms with Crippen molar-refractivity contribution in [1.29, 1.82) is 0 Å². The van der Waals surface area contributed by atoms with Crippen LogP contribution < -0.4 is 9.47 Å². The van der Waals surface area contributed by atoms with Crippen molar-refractivity contribution in [3.05, 3.63) is 59.5 Å². The Morgan fingerprint density at radius 3 is 2.90 bits per heavy atom. The molecule has 0 radical (unpaired) electrons. The lowest BCUT2D eigenvalue weighted by Crippen LogP contribution is -2.44. The van der Waals surface area contributed by atoms with E-state index >= 15 is 0 Å². The standard InChI is InChI=1S/C24H29FN2O2.ClH/c1-3-11-27(19-14-21-23(28-2)7-4-8-24(21)29-16-19)12-5-6-17-15-26-22-10-9-18(25)13-20(17)22;/h4,7-10,13,15,19,26H,3,5-6,11-12,14,16H2,1-2H3;1H/t19-;/m0./s1. The Morgan fingerprint density at radius 1 is 1.23 bits per heavy atom. The van der Waals surface area contributed by atoms with E-state index in [4.69, 9.17) is 9.47 Å². The molecule has 4 nitrogen and oxygen atoms in total. The van der Waals surface area contributed by atoms with Gasteiger partial charge in [0.25, 0.3) is 0 Å². The van der Waals surface area contributed by atoms with E-state index in [1.807, 2.05) is 30.5 Å². The van der Waals surface area contributed by atoms with Gasteiger partial charge in [0.15, 0.2) is 0 Å². The molecule has 0 bridgehead atoms. The lowest BCUT2D eigenvalue weighted by atomic mass is 9.99. The number of hydrogen-bond donors (Lipinski definition) is 1. The van der Waals surface area contributed by atoms with Crippen LogP contribution in [0, 0.1) is 5.82 Å². The molecule has 2 heterocycles. The zero-order valence-electron chi connectivity index (χ0n) is 17.6. The normalized spacial score (nSPS) is 15.5. The number of aryl methyl sites for hydroxylation is 1. The molecule has 0 spiro atoms. The van der Waals surface area contributed by atoms with E-state index in [-0.39, 0.29) is 18.2 Å². The molecule has 0 saturated heterocycles. The third kappa shape index (κ3) is 4.73. The highest BCUT2D eigenvalue weighted by atomic mass is 35.5. The number of aromatic amines is 1. The van der Waals surface area contributed by atoms with Crippen molar-refractivity contribution in [3.63, 3.8) is 0 Å². The van der Waals surface area contributed by atoms with Crippen molar-refractivity contribution in [2.45, 2.75) is 38.6 Å². The highest BCUT2D eigenvalue weighted by Gasteiger charge is 2.27. The Balaban J connectivity index is 0.00000256. The minimum absolute atomic E-state index is 0. The molecule has 30 heavy (non-hydrogen) atoms. The first kappa shape index (κ1) is 22.4. The van der Waals surface area contributed by atoms with Crippen LogP contribution in [0.3, 0.4) is 0 Å². The van der Waals surface area contributed by atoms with Gasteiger partial charge in [0.05, 0.1) is 7.11 Å². The molecule has 3 aromatic rings. The molecule has 6 heteroatoms. The third-order valence-electron chi connectivity index (χ3n) is 5.83. The monoisotopic (exact) mass is 432 g/mol. The number of nitrogens with one attached hydrogen (secondary N) is 1. The summed E-state index contributed by atoms with van der Waals surface area (Å²) in [5, 5.41) is 0.992. The molecular weight excluding hydrogens is 403 g/mol. The maximum atomic E-state index is 13.6. The van der Waals surface area contributed by atoms with Crippen molar-refractivity contribution in [1.82, 2.24) is 9.88 Å². The van der Waals surface area contributed by atoms with Crippen molar-refractivity contribution >= 4 is 23.3 Å². The van der Waals surface area contributed by atoms with E-state index in [1.165, 1.54) is 17.2 Å². The average molecular weight is 433 g/mol. The molecule has 1 atom stereocenters. The van der Waals surface area contributed by atoms with Crippen LogP contribution in [0.15, 0.2) is 42.6 Å². The van der Waals surface area contributed by atoms with Gasteiger partial charge < -0.3 is 14.5 Å². The number of nitrogens with zero attached hydrogens (tertiary/aromatic N) is 1. The molecule has 1 aliphatic rings. The fraction of sp³-hybridized carbons (Fsp3) is 0.417. The lowest BCUT2D eigenvalue weighted by Gasteiger charge is -2.35. The Bertz CT molecular complexity index is 961. The van der Waals surface area contributed by atoms with Gasteiger partial charge in [-0.25, -0.2) is 4.39 Å². The summed E-state index contributed by atoms with van der Waals surface area (Å²) in [5.41, 5.74) is 3.35. The summed E-state index contributed by atoms with van der Waals surface area (Å²) in [6.45, 7) is 4.96. The number of halogens is 2. The van der Waals surface area contributed by atoms with Gasteiger partial charge in [-0.05, 0) is 74.7 Å². The lowest BCUT2D eigenvalue weighted by molar-refractivity contribution is 0.116. The summed E-state index contributed by atoms with van der Waals surface area (Å²) in [6.07, 6.45) is 6.01. The molecule has 2 aromatic carbocycles. The Hall–Kier alpha value is -2.24. The summed E-state index contributed by atoms with van der Waals surface area (Å²) < 4.78 is 25.2. The van der Waals surface area contributed by atoms with Crippen LogP contribution in [0.4, 0.5) is 4.39 Å². The van der Waals surface area contributed by atoms with E-state index in [0.717, 1.165) is 61.2 Å². The fourth-order valence-electron chi connectivity index (χ4n) is 4.38. The number of rotatable bonds is 8. The van der Waals surface area contributed by atoms with Crippen LogP contribution in [0.1, 0.15) is 30.9 Å². The largest absolute Gasteiger partial charge is 0.496 e. The summed E-state index contributed by atoms with van der Waals surface area (Å²) >= 11 is 0. The zero-order valence-corrected chi connectivity index (χ0v) is 18.4. The molecular formula is C24H30ClFN2O2. The predicted octanol–water partition coefficient (Wildman–Crippen LogP) is 5.39. The summed E-state index contributed by atoms with van der Waals surface area (Å²) in [7, 11) is 1.72. The van der Waals surface area contributed by atoms with Gasteiger partial charge in [-0.15, -0.1) is 12.4 Å². The van der Waals surface area contributed by atoms with Gasteiger partial charge in [0.2, 0.25) is 0 Å². The average Bonchev–Trinajstić information content (AvgIpc) is 3.14. The van der Waals surface area contributed by atoms with Crippen LogP contribution in [0.2, 0.25) is 0 Å². The topological polar surface area (TPSA) is 37.5 Å². The molecule has 1 aliphatic heterocycles. The van der Waals surface area contributed by atoms with Gasteiger partial charge in [-0.3, -0.25) is 4.90 Å². The Morgan fingerprint density at radius 2 is 2.10 bits per heavy atom. The SMILES string of the molecule is CCCN(CCCc1c[nH]c2ccc(F)cc12)[C@@H]1COc2cccc(OC)c2C1.Cl. The van der Waals surface area contributed by atoms with Crippen LogP contribution in [-0.2, 0) is 12.8 Å². The highest BCUT2D eigenvalue weighted by Crippen LogP contribution is 2.34. The Labute approximate surface area is 183 Å². The summed E-state index contributed by atoms with van der Waals surface area (Å²) in [6, 6.07) is 11.3. The predicted molar refractivity (Wildman–Crippen MR) is 122 cm³/mol. The van der Waals surface area contributed by atoms with Crippen molar-refractivity contribution < 1.29 is 13.9 Å². The van der Waals surface area contributed by atoms with Crippen molar-refractivity contribution in [2.24, 2.45) is 0 Å². The first-order chi connectivity index (χ1) is 14.2. The van der Waals surface area contributed by atoms with Gasteiger partial charge in [0.1, 0.15) is 23.9 Å². The number of hydrogen-bond acceptors (Lipinski definition) is 3. The second kappa shape index (κ2) is 10.2. The quantitative estimate of drug-likeness (QED) is 0.518. The minimum atomic E-state index is -0.182. The molecule has 1 N–H and O–H groups in total. The molecule has 162 valence electrons. The number of fused-ring (bicyclic) bond motifs is 2. The Kier molecular flexibility index (Phi) is 7.62. The maximum Gasteiger partial charge on any atom is 0.126 e. The number of H-pyrrole nitrogens is 1. The van der Waals surface area contributed by atoms with E-state index < -0.39 is 0 Å². The van der Waals surface area contributed by atoms with Gasteiger partial charge >= 0.3 is 0 Å². The zero-order chi connectivity index (χ0) is 20.2. The van der Waals surface area contributed by atoms with Gasteiger partial charge in [-0.1, -0.05) is 13.0 Å². The fourth-order valence-corrected chi connectivity index (χ4v) is 4.38. The third-order valence-corrected chi connectivity index (χ3v) is 5.83. The molecule has 0 saturated carbocycles.